The molecular weight excluding hydrogens is 312 g/mol. The van der Waals surface area contributed by atoms with Crippen molar-refractivity contribution < 1.29 is 5.11 Å². The molecule has 0 spiro atoms. The average Bonchev–Trinajstić information content (AvgIpc) is 3.36. The Morgan fingerprint density at radius 1 is 1.17 bits per heavy atom. The lowest BCUT2D eigenvalue weighted by molar-refractivity contribution is 0.205. The second-order valence-electron chi connectivity index (χ2n) is 6.60. The van der Waals surface area contributed by atoms with Crippen LogP contribution in [-0.4, -0.2) is 55.3 Å². The van der Waals surface area contributed by atoms with Gasteiger partial charge in [0.15, 0.2) is 5.96 Å². The van der Waals surface area contributed by atoms with Gasteiger partial charge in [0.1, 0.15) is 0 Å². The number of hydrogen-bond donors (Lipinski definition) is 2. The minimum atomic E-state index is 0.150. The van der Waals surface area contributed by atoms with E-state index in [1.807, 2.05) is 12.1 Å². The number of aliphatic hydroxyl groups is 1. The minimum Gasteiger partial charge on any atom is -0.396 e. The maximum absolute atomic E-state index is 9.32. The van der Waals surface area contributed by atoms with Crippen LogP contribution in [0.4, 0.5) is 5.69 Å². The number of nitrogens with two attached hydrogens (primary N) is 1. The number of piperazine rings is 1. The standard InChI is InChI=1S/C17H25ClN4O/c18-14-1-3-15(4-2-14)21-9-11-22(12-10-21)16(19)20-8-7-17(13-23)5-6-17/h1-4,23H,5-13H2,(H2,19,20). The number of aliphatic hydroxyl groups excluding tert-OH is 1. The average molecular weight is 337 g/mol. The summed E-state index contributed by atoms with van der Waals surface area (Å²) in [5, 5.41) is 10.1. The van der Waals surface area contributed by atoms with Crippen molar-refractivity contribution in [3.63, 3.8) is 0 Å². The Hall–Kier alpha value is -1.46. The third-order valence-electron chi connectivity index (χ3n) is 5.00. The molecule has 6 heteroatoms. The van der Waals surface area contributed by atoms with E-state index >= 15 is 0 Å². The van der Waals surface area contributed by atoms with E-state index in [1.165, 1.54) is 5.69 Å². The first kappa shape index (κ1) is 16.4. The summed E-state index contributed by atoms with van der Waals surface area (Å²) in [6.45, 7) is 4.61. The molecule has 1 aromatic carbocycles. The van der Waals surface area contributed by atoms with Gasteiger partial charge in [0.2, 0.25) is 0 Å². The normalized spacial score (nSPS) is 20.7. The maximum Gasteiger partial charge on any atom is 0.191 e. The number of hydrogen-bond acceptors (Lipinski definition) is 3. The number of guanidine groups is 1. The highest BCUT2D eigenvalue weighted by molar-refractivity contribution is 6.30. The second kappa shape index (κ2) is 6.97. The SMILES string of the molecule is NC(=NCCC1(CO)CC1)N1CCN(c2ccc(Cl)cc2)CC1. The second-order valence-corrected chi connectivity index (χ2v) is 7.03. The van der Waals surface area contributed by atoms with Crippen molar-refractivity contribution in [3.05, 3.63) is 29.3 Å². The molecular formula is C17H25ClN4O. The molecule has 126 valence electrons. The molecule has 1 saturated carbocycles. The molecule has 1 aliphatic carbocycles. The zero-order valence-corrected chi connectivity index (χ0v) is 14.2. The fourth-order valence-corrected chi connectivity index (χ4v) is 3.14. The van der Waals surface area contributed by atoms with Gasteiger partial charge in [-0.25, -0.2) is 0 Å². The lowest BCUT2D eigenvalue weighted by atomic mass is 10.0. The number of rotatable bonds is 5. The van der Waals surface area contributed by atoms with Gasteiger partial charge in [-0.2, -0.15) is 0 Å². The van der Waals surface area contributed by atoms with Crippen molar-refractivity contribution in [2.45, 2.75) is 19.3 Å². The molecule has 0 atom stereocenters. The first-order valence-corrected chi connectivity index (χ1v) is 8.66. The van der Waals surface area contributed by atoms with Crippen LogP contribution in [-0.2, 0) is 0 Å². The molecule has 1 heterocycles. The molecule has 1 aromatic rings. The van der Waals surface area contributed by atoms with Crippen molar-refractivity contribution in [2.75, 3.05) is 44.2 Å². The van der Waals surface area contributed by atoms with Crippen LogP contribution in [0.25, 0.3) is 0 Å². The van der Waals surface area contributed by atoms with Crippen LogP contribution >= 0.6 is 11.6 Å². The van der Waals surface area contributed by atoms with Crippen LogP contribution in [0, 0.1) is 5.41 Å². The van der Waals surface area contributed by atoms with Gasteiger partial charge in [0, 0.05) is 50.0 Å². The van der Waals surface area contributed by atoms with Gasteiger partial charge in [-0.3, -0.25) is 4.99 Å². The predicted octanol–water partition coefficient (Wildman–Crippen LogP) is 1.94. The van der Waals surface area contributed by atoms with Crippen molar-refractivity contribution >= 4 is 23.2 Å². The van der Waals surface area contributed by atoms with Crippen LogP contribution < -0.4 is 10.6 Å². The largest absolute Gasteiger partial charge is 0.396 e. The van der Waals surface area contributed by atoms with Crippen molar-refractivity contribution in [3.8, 4) is 0 Å². The van der Waals surface area contributed by atoms with Crippen molar-refractivity contribution in [1.29, 1.82) is 0 Å². The number of nitrogens with zero attached hydrogens (tertiary/aromatic N) is 3. The summed E-state index contributed by atoms with van der Waals surface area (Å²) in [6, 6.07) is 7.96. The third kappa shape index (κ3) is 4.09. The molecule has 3 N–H and O–H groups in total. The molecule has 0 unspecified atom stereocenters. The molecule has 23 heavy (non-hydrogen) atoms. The summed E-state index contributed by atoms with van der Waals surface area (Å²) in [7, 11) is 0. The van der Waals surface area contributed by atoms with Gasteiger partial charge in [0.25, 0.3) is 0 Å². The summed E-state index contributed by atoms with van der Waals surface area (Å²) in [5.74, 6) is 0.634. The summed E-state index contributed by atoms with van der Waals surface area (Å²) in [4.78, 5) is 8.99. The first-order valence-electron chi connectivity index (χ1n) is 8.28. The smallest absolute Gasteiger partial charge is 0.191 e. The van der Waals surface area contributed by atoms with Crippen LogP contribution in [0.2, 0.25) is 5.02 Å². The number of halogens is 1. The van der Waals surface area contributed by atoms with Crippen LogP contribution in [0.5, 0.6) is 0 Å². The van der Waals surface area contributed by atoms with Crippen LogP contribution in [0.15, 0.2) is 29.3 Å². The third-order valence-corrected chi connectivity index (χ3v) is 5.26. The molecule has 0 amide bonds. The summed E-state index contributed by atoms with van der Waals surface area (Å²) < 4.78 is 0. The number of benzene rings is 1. The maximum atomic E-state index is 9.32. The fraction of sp³-hybridized carbons (Fsp3) is 0.588. The van der Waals surface area contributed by atoms with Crippen LogP contribution in [0.1, 0.15) is 19.3 Å². The van der Waals surface area contributed by atoms with E-state index in [4.69, 9.17) is 17.3 Å². The van der Waals surface area contributed by atoms with Gasteiger partial charge >= 0.3 is 0 Å². The van der Waals surface area contributed by atoms with Gasteiger partial charge < -0.3 is 20.6 Å². The quantitative estimate of drug-likeness (QED) is 0.637. The van der Waals surface area contributed by atoms with Crippen LogP contribution in [0.3, 0.4) is 0 Å². The Balaban J connectivity index is 1.47. The van der Waals surface area contributed by atoms with E-state index in [9.17, 15) is 5.11 Å². The van der Waals surface area contributed by atoms with E-state index < -0.39 is 0 Å². The molecule has 0 radical (unpaired) electrons. The monoisotopic (exact) mass is 336 g/mol. The van der Waals surface area contributed by atoms with Gasteiger partial charge in [-0.1, -0.05) is 11.6 Å². The minimum absolute atomic E-state index is 0.150. The summed E-state index contributed by atoms with van der Waals surface area (Å²) in [5.41, 5.74) is 7.47. The first-order chi connectivity index (χ1) is 11.1. The molecule has 0 aromatic heterocycles. The zero-order valence-electron chi connectivity index (χ0n) is 13.4. The molecule has 2 aliphatic rings. The molecule has 0 bridgehead atoms. The summed E-state index contributed by atoms with van der Waals surface area (Å²) in [6.07, 6.45) is 3.19. The van der Waals surface area contributed by atoms with Gasteiger partial charge in [-0.05, 0) is 48.9 Å². The Labute approximate surface area is 142 Å². The van der Waals surface area contributed by atoms with Crippen molar-refractivity contribution in [2.24, 2.45) is 16.1 Å². The lowest BCUT2D eigenvalue weighted by Crippen LogP contribution is -2.51. The highest BCUT2D eigenvalue weighted by atomic mass is 35.5. The Morgan fingerprint density at radius 2 is 1.83 bits per heavy atom. The summed E-state index contributed by atoms with van der Waals surface area (Å²) >= 11 is 5.94. The highest BCUT2D eigenvalue weighted by Gasteiger charge is 2.41. The molecule has 1 saturated heterocycles. The Bertz CT molecular complexity index is 548. The number of anilines is 1. The molecule has 2 fully saturated rings. The van der Waals surface area contributed by atoms with Gasteiger partial charge in [0.05, 0.1) is 0 Å². The Morgan fingerprint density at radius 3 is 2.39 bits per heavy atom. The van der Waals surface area contributed by atoms with E-state index in [-0.39, 0.29) is 12.0 Å². The molecule has 5 nitrogen and oxygen atoms in total. The Kier molecular flexibility index (Phi) is 4.97. The van der Waals surface area contributed by atoms with E-state index in [2.05, 4.69) is 26.9 Å². The van der Waals surface area contributed by atoms with Crippen molar-refractivity contribution in [1.82, 2.24) is 4.90 Å². The van der Waals surface area contributed by atoms with E-state index in [0.29, 0.717) is 12.5 Å². The fourth-order valence-electron chi connectivity index (χ4n) is 3.02. The zero-order chi connectivity index (χ0) is 16.3. The van der Waals surface area contributed by atoms with E-state index in [0.717, 1.165) is 50.5 Å². The van der Waals surface area contributed by atoms with Gasteiger partial charge in [-0.15, -0.1) is 0 Å². The topological polar surface area (TPSA) is 65.1 Å². The predicted molar refractivity (Wildman–Crippen MR) is 95.1 cm³/mol. The van der Waals surface area contributed by atoms with E-state index in [1.54, 1.807) is 0 Å². The molecule has 1 aliphatic heterocycles. The lowest BCUT2D eigenvalue weighted by Gasteiger charge is -2.36. The number of aliphatic imine (C=N–C) groups is 1. The highest BCUT2D eigenvalue weighted by Crippen LogP contribution is 2.48. The molecule has 3 rings (SSSR count).